The fraction of sp³-hybridized carbons (Fsp3) is 0.211. The molecular formula is C19H18FN3O4. The minimum Gasteiger partial charge on any atom is -0.497 e. The van der Waals surface area contributed by atoms with Crippen molar-refractivity contribution in [2.75, 3.05) is 13.7 Å². The Bertz CT molecular complexity index is 1100. The molecule has 1 heterocycles. The van der Waals surface area contributed by atoms with Gasteiger partial charge in [-0.15, -0.1) is 0 Å². The molecule has 2 N–H and O–H groups in total. The third-order valence-electron chi connectivity index (χ3n) is 4.11. The van der Waals surface area contributed by atoms with Gasteiger partial charge in [0.25, 0.3) is 0 Å². The van der Waals surface area contributed by atoms with Crippen LogP contribution in [0.3, 0.4) is 0 Å². The molecule has 3 aromatic rings. The van der Waals surface area contributed by atoms with Crippen LogP contribution in [-0.4, -0.2) is 29.1 Å². The Kier molecular flexibility index (Phi) is 5.35. The zero-order valence-electron chi connectivity index (χ0n) is 14.6. The predicted octanol–water partition coefficient (Wildman–Crippen LogP) is 1.20. The van der Waals surface area contributed by atoms with Crippen LogP contribution in [0.2, 0.25) is 0 Å². The van der Waals surface area contributed by atoms with Crippen LogP contribution in [0, 0.1) is 5.82 Å². The molecule has 0 radical (unpaired) electrons. The van der Waals surface area contributed by atoms with Gasteiger partial charge in [-0.1, -0.05) is 12.1 Å². The van der Waals surface area contributed by atoms with Gasteiger partial charge in [0.2, 0.25) is 5.91 Å². The number of aromatic nitrogens is 2. The summed E-state index contributed by atoms with van der Waals surface area (Å²) >= 11 is 0. The van der Waals surface area contributed by atoms with Gasteiger partial charge in [0, 0.05) is 6.54 Å². The molecule has 2 aromatic carbocycles. The quantitative estimate of drug-likeness (QED) is 0.637. The Morgan fingerprint density at radius 3 is 2.81 bits per heavy atom. The first-order valence-electron chi connectivity index (χ1n) is 8.30. The lowest BCUT2D eigenvalue weighted by atomic mass is 10.1. The zero-order valence-corrected chi connectivity index (χ0v) is 14.6. The van der Waals surface area contributed by atoms with E-state index >= 15 is 0 Å². The number of hydrogen-bond acceptors (Lipinski definition) is 4. The highest BCUT2D eigenvalue weighted by Crippen LogP contribution is 2.13. The summed E-state index contributed by atoms with van der Waals surface area (Å²) in [5.74, 6) is -0.241. The van der Waals surface area contributed by atoms with E-state index in [1.54, 1.807) is 7.11 Å². The average molecular weight is 371 g/mol. The lowest BCUT2D eigenvalue weighted by Crippen LogP contribution is -2.40. The molecule has 0 spiro atoms. The van der Waals surface area contributed by atoms with E-state index in [1.165, 1.54) is 6.07 Å². The van der Waals surface area contributed by atoms with Crippen molar-refractivity contribution in [3.8, 4) is 5.75 Å². The van der Waals surface area contributed by atoms with E-state index in [1.807, 2.05) is 24.3 Å². The summed E-state index contributed by atoms with van der Waals surface area (Å²) in [6, 6.07) is 11.1. The second-order valence-corrected chi connectivity index (χ2v) is 5.96. The van der Waals surface area contributed by atoms with Gasteiger partial charge >= 0.3 is 11.1 Å². The molecule has 3 rings (SSSR count). The van der Waals surface area contributed by atoms with Crippen molar-refractivity contribution < 1.29 is 13.9 Å². The van der Waals surface area contributed by atoms with Crippen LogP contribution in [0.1, 0.15) is 5.56 Å². The second kappa shape index (κ2) is 7.86. The molecule has 8 heteroatoms. The number of benzene rings is 2. The molecule has 0 bridgehead atoms. The number of ether oxygens (including phenoxy) is 1. The van der Waals surface area contributed by atoms with Gasteiger partial charge in [0.1, 0.15) is 18.1 Å². The highest BCUT2D eigenvalue weighted by Gasteiger charge is 2.12. The van der Waals surface area contributed by atoms with Crippen LogP contribution in [0.15, 0.2) is 52.1 Å². The number of amides is 1. The van der Waals surface area contributed by atoms with Crippen LogP contribution in [0.25, 0.3) is 11.0 Å². The zero-order chi connectivity index (χ0) is 19.4. The van der Waals surface area contributed by atoms with Crippen LogP contribution in [0.5, 0.6) is 5.75 Å². The van der Waals surface area contributed by atoms with Crippen molar-refractivity contribution in [1.29, 1.82) is 0 Å². The molecule has 140 valence electrons. The molecule has 0 aliphatic rings. The molecule has 0 unspecified atom stereocenters. The number of aromatic amines is 1. The first kappa shape index (κ1) is 18.4. The van der Waals surface area contributed by atoms with Crippen molar-refractivity contribution in [3.63, 3.8) is 0 Å². The number of carbonyl (C=O) groups excluding carboxylic acids is 1. The van der Waals surface area contributed by atoms with E-state index in [-0.39, 0.29) is 17.6 Å². The summed E-state index contributed by atoms with van der Waals surface area (Å²) < 4.78 is 19.5. The lowest BCUT2D eigenvalue weighted by Gasteiger charge is -2.10. The average Bonchev–Trinajstić information content (AvgIpc) is 2.65. The topological polar surface area (TPSA) is 93.2 Å². The van der Waals surface area contributed by atoms with E-state index in [2.05, 4.69) is 10.3 Å². The molecule has 1 aromatic heterocycles. The highest BCUT2D eigenvalue weighted by atomic mass is 19.1. The molecular weight excluding hydrogens is 353 g/mol. The number of hydrogen-bond donors (Lipinski definition) is 2. The van der Waals surface area contributed by atoms with Crippen molar-refractivity contribution in [1.82, 2.24) is 14.9 Å². The third kappa shape index (κ3) is 4.22. The Morgan fingerprint density at radius 2 is 2.04 bits per heavy atom. The minimum absolute atomic E-state index is 0.156. The molecule has 7 nitrogen and oxygen atoms in total. The van der Waals surface area contributed by atoms with Gasteiger partial charge in [-0.05, 0) is 42.3 Å². The molecule has 27 heavy (non-hydrogen) atoms. The van der Waals surface area contributed by atoms with Crippen LogP contribution >= 0.6 is 0 Å². The van der Waals surface area contributed by atoms with Gasteiger partial charge in [-0.2, -0.15) is 0 Å². The van der Waals surface area contributed by atoms with Gasteiger partial charge in [-0.3, -0.25) is 19.0 Å². The number of fused-ring (bicyclic) bond motifs is 1. The summed E-state index contributed by atoms with van der Waals surface area (Å²) in [5.41, 5.74) is -0.342. The predicted molar refractivity (Wildman–Crippen MR) is 98.5 cm³/mol. The number of methoxy groups -OCH3 is 1. The van der Waals surface area contributed by atoms with E-state index in [4.69, 9.17) is 4.74 Å². The molecule has 0 saturated carbocycles. The maximum Gasteiger partial charge on any atom is 0.317 e. The van der Waals surface area contributed by atoms with E-state index < -0.39 is 22.8 Å². The van der Waals surface area contributed by atoms with Crippen LogP contribution in [-0.2, 0) is 17.8 Å². The number of nitrogens with one attached hydrogen (secondary N) is 2. The maximum atomic E-state index is 13.3. The Labute approximate surface area is 153 Å². The lowest BCUT2D eigenvalue weighted by molar-refractivity contribution is -0.121. The molecule has 0 fully saturated rings. The largest absolute Gasteiger partial charge is 0.497 e. The van der Waals surface area contributed by atoms with Crippen LogP contribution in [0.4, 0.5) is 4.39 Å². The van der Waals surface area contributed by atoms with E-state index in [9.17, 15) is 18.8 Å². The summed E-state index contributed by atoms with van der Waals surface area (Å²) in [4.78, 5) is 38.4. The summed E-state index contributed by atoms with van der Waals surface area (Å²) in [5, 5.41) is 2.71. The standard InChI is InChI=1S/C19H18FN3O4/c1-27-14-4-2-3-12(9-14)7-8-21-17(24)11-23-16-6-5-13(20)10-15(16)22-18(25)19(23)26/h2-6,9-10H,7-8,11H2,1H3,(H,21,24)(H,22,25). The Hall–Kier alpha value is -3.42. The summed E-state index contributed by atoms with van der Waals surface area (Å²) in [7, 11) is 1.58. The van der Waals surface area contributed by atoms with Gasteiger partial charge < -0.3 is 15.0 Å². The first-order valence-corrected chi connectivity index (χ1v) is 8.30. The summed E-state index contributed by atoms with van der Waals surface area (Å²) in [6.45, 7) is 0.0273. The van der Waals surface area contributed by atoms with Gasteiger partial charge in [-0.25, -0.2) is 4.39 Å². The Morgan fingerprint density at radius 1 is 1.22 bits per heavy atom. The monoisotopic (exact) mass is 371 g/mol. The fourth-order valence-electron chi connectivity index (χ4n) is 2.78. The minimum atomic E-state index is -0.905. The normalized spacial score (nSPS) is 10.7. The third-order valence-corrected chi connectivity index (χ3v) is 4.11. The Balaban J connectivity index is 1.71. The molecule has 0 aliphatic heterocycles. The first-order chi connectivity index (χ1) is 13.0. The number of carbonyl (C=O) groups is 1. The number of H-pyrrole nitrogens is 1. The maximum absolute atomic E-state index is 13.3. The van der Waals surface area contributed by atoms with Gasteiger partial charge in [0.05, 0.1) is 18.1 Å². The van der Waals surface area contributed by atoms with E-state index in [0.29, 0.717) is 13.0 Å². The highest BCUT2D eigenvalue weighted by molar-refractivity contribution is 5.80. The number of nitrogens with zero attached hydrogens (tertiary/aromatic N) is 1. The van der Waals surface area contributed by atoms with Crippen molar-refractivity contribution in [3.05, 3.63) is 74.6 Å². The van der Waals surface area contributed by atoms with Crippen LogP contribution < -0.4 is 21.2 Å². The van der Waals surface area contributed by atoms with Crippen molar-refractivity contribution in [2.24, 2.45) is 0 Å². The molecule has 1 amide bonds. The summed E-state index contributed by atoms with van der Waals surface area (Å²) in [6.07, 6.45) is 0.583. The fourth-order valence-corrected chi connectivity index (χ4v) is 2.78. The van der Waals surface area contributed by atoms with E-state index in [0.717, 1.165) is 28.0 Å². The number of halogens is 1. The second-order valence-electron chi connectivity index (χ2n) is 5.96. The van der Waals surface area contributed by atoms with Gasteiger partial charge in [0.15, 0.2) is 0 Å². The molecule has 0 aliphatic carbocycles. The smallest absolute Gasteiger partial charge is 0.317 e. The number of rotatable bonds is 6. The molecule has 0 atom stereocenters. The molecule has 0 saturated heterocycles. The van der Waals surface area contributed by atoms with Crippen molar-refractivity contribution >= 4 is 16.9 Å². The SMILES string of the molecule is COc1cccc(CCNC(=O)Cn2c(=O)c(=O)[nH]c3cc(F)ccc32)c1. The van der Waals surface area contributed by atoms with Crippen molar-refractivity contribution in [2.45, 2.75) is 13.0 Å².